The van der Waals surface area contributed by atoms with Crippen LogP contribution in [0.1, 0.15) is 31.7 Å². The molecule has 1 atom stereocenters. The zero-order chi connectivity index (χ0) is 16.3. The minimum Gasteiger partial charge on any atom is -0.385 e. The van der Waals surface area contributed by atoms with E-state index < -0.39 is 5.60 Å². The molecule has 2 heterocycles. The van der Waals surface area contributed by atoms with Gasteiger partial charge in [0.25, 0.3) is 0 Å². The lowest BCUT2D eigenvalue weighted by Crippen LogP contribution is -2.24. The van der Waals surface area contributed by atoms with Gasteiger partial charge in [-0.2, -0.15) is 4.52 Å². The predicted molar refractivity (Wildman–Crippen MR) is 89.3 cm³/mol. The quantitative estimate of drug-likeness (QED) is 0.731. The average Bonchev–Trinajstić information content (AvgIpc) is 2.98. The Balaban J connectivity index is 1.66. The number of nitrogens with zero attached hydrogens (tertiary/aromatic N) is 4. The molecule has 0 aliphatic rings. The fourth-order valence-electron chi connectivity index (χ4n) is 2.52. The minimum absolute atomic E-state index is 0.583. The van der Waals surface area contributed by atoms with Crippen LogP contribution in [0.4, 0.5) is 5.82 Å². The van der Waals surface area contributed by atoms with Crippen molar-refractivity contribution in [2.45, 2.75) is 32.3 Å². The van der Waals surface area contributed by atoms with Gasteiger partial charge in [0.1, 0.15) is 5.82 Å². The summed E-state index contributed by atoms with van der Waals surface area (Å²) in [4.78, 5) is 0. The number of benzene rings is 1. The Bertz CT molecular complexity index is 782. The topological polar surface area (TPSA) is 75.3 Å². The Morgan fingerprint density at radius 3 is 2.65 bits per heavy atom. The third-order valence-corrected chi connectivity index (χ3v) is 3.96. The molecule has 23 heavy (non-hydrogen) atoms. The molecule has 0 amide bonds. The number of nitrogens with one attached hydrogen (secondary N) is 1. The summed E-state index contributed by atoms with van der Waals surface area (Å²) >= 11 is 0. The lowest BCUT2D eigenvalue weighted by atomic mass is 9.93. The van der Waals surface area contributed by atoms with Crippen LogP contribution < -0.4 is 5.32 Å². The van der Waals surface area contributed by atoms with Crippen molar-refractivity contribution in [1.82, 2.24) is 19.8 Å². The van der Waals surface area contributed by atoms with Crippen molar-refractivity contribution in [2.75, 3.05) is 11.9 Å². The lowest BCUT2D eigenvalue weighted by molar-refractivity contribution is 0.0515. The molecule has 2 N–H and O–H groups in total. The third-order valence-electron chi connectivity index (χ3n) is 3.96. The maximum absolute atomic E-state index is 10.6. The summed E-state index contributed by atoms with van der Waals surface area (Å²) in [7, 11) is 0. The highest BCUT2D eigenvalue weighted by Crippen LogP contribution is 2.23. The van der Waals surface area contributed by atoms with E-state index in [9.17, 15) is 5.11 Å². The highest BCUT2D eigenvalue weighted by atomic mass is 16.3. The van der Waals surface area contributed by atoms with Gasteiger partial charge in [0, 0.05) is 13.0 Å². The Labute approximate surface area is 135 Å². The molecular formula is C17H21N5O. The highest BCUT2D eigenvalue weighted by molar-refractivity contribution is 5.44. The minimum atomic E-state index is -0.872. The molecule has 0 aliphatic heterocycles. The summed E-state index contributed by atoms with van der Waals surface area (Å²) in [6, 6.07) is 13.5. The first-order valence-corrected chi connectivity index (χ1v) is 7.83. The van der Waals surface area contributed by atoms with Gasteiger partial charge < -0.3 is 10.4 Å². The number of rotatable bonds is 6. The summed E-state index contributed by atoms with van der Waals surface area (Å²) in [5.41, 5.74) is 0.782. The van der Waals surface area contributed by atoms with Crippen molar-refractivity contribution in [3.63, 3.8) is 0 Å². The van der Waals surface area contributed by atoms with Gasteiger partial charge in [0.2, 0.25) is 0 Å². The zero-order valence-electron chi connectivity index (χ0n) is 13.4. The van der Waals surface area contributed by atoms with Crippen molar-refractivity contribution < 1.29 is 5.11 Å². The fourth-order valence-corrected chi connectivity index (χ4v) is 2.52. The molecule has 0 saturated heterocycles. The van der Waals surface area contributed by atoms with Crippen LogP contribution in [0.15, 0.2) is 42.5 Å². The van der Waals surface area contributed by atoms with Gasteiger partial charge in [-0.15, -0.1) is 15.3 Å². The van der Waals surface area contributed by atoms with Gasteiger partial charge in [-0.05, 0) is 31.0 Å². The SMILES string of the molecule is CCc1nnc2ccc(NCCC(C)(O)c3ccccc3)nn12. The normalized spacial score (nSPS) is 13.9. The number of hydrogen-bond donors (Lipinski definition) is 2. The van der Waals surface area contributed by atoms with Crippen LogP contribution in [0, 0.1) is 0 Å². The highest BCUT2D eigenvalue weighted by Gasteiger charge is 2.22. The number of hydrogen-bond acceptors (Lipinski definition) is 5. The van der Waals surface area contributed by atoms with Gasteiger partial charge in [-0.1, -0.05) is 37.3 Å². The van der Waals surface area contributed by atoms with Crippen LogP contribution in [0.5, 0.6) is 0 Å². The second-order valence-electron chi connectivity index (χ2n) is 5.78. The standard InChI is InChI=1S/C17H21N5O/c1-3-15-19-20-16-10-9-14(21-22(15)16)18-12-11-17(2,23)13-7-5-4-6-8-13/h4-10,23H,3,11-12H2,1-2H3,(H,18,21). The monoisotopic (exact) mass is 311 g/mol. The molecule has 0 bridgehead atoms. The summed E-state index contributed by atoms with van der Waals surface area (Å²) < 4.78 is 1.75. The van der Waals surface area contributed by atoms with E-state index in [-0.39, 0.29) is 0 Å². The molecule has 6 nitrogen and oxygen atoms in total. The molecule has 0 spiro atoms. The molecule has 3 aromatic rings. The van der Waals surface area contributed by atoms with Crippen LogP contribution in [0.3, 0.4) is 0 Å². The number of anilines is 1. The van der Waals surface area contributed by atoms with E-state index in [1.54, 1.807) is 4.52 Å². The number of fused-ring (bicyclic) bond motifs is 1. The van der Waals surface area contributed by atoms with Crippen molar-refractivity contribution in [1.29, 1.82) is 0 Å². The van der Waals surface area contributed by atoms with E-state index in [0.29, 0.717) is 13.0 Å². The molecule has 3 rings (SSSR count). The maximum Gasteiger partial charge on any atom is 0.178 e. The van der Waals surface area contributed by atoms with Crippen LogP contribution in [0.2, 0.25) is 0 Å². The number of aliphatic hydroxyl groups is 1. The van der Waals surface area contributed by atoms with E-state index in [4.69, 9.17) is 0 Å². The van der Waals surface area contributed by atoms with E-state index in [1.807, 2.05) is 56.3 Å². The number of aromatic nitrogens is 4. The van der Waals surface area contributed by atoms with Gasteiger partial charge >= 0.3 is 0 Å². The summed E-state index contributed by atoms with van der Waals surface area (Å²) in [5.74, 6) is 1.58. The van der Waals surface area contributed by atoms with Crippen LogP contribution >= 0.6 is 0 Å². The Morgan fingerprint density at radius 2 is 1.91 bits per heavy atom. The molecule has 120 valence electrons. The summed E-state index contributed by atoms with van der Waals surface area (Å²) in [6.45, 7) is 4.47. The molecule has 1 unspecified atom stereocenters. The smallest absolute Gasteiger partial charge is 0.178 e. The van der Waals surface area contributed by atoms with Crippen molar-refractivity contribution in [2.24, 2.45) is 0 Å². The van der Waals surface area contributed by atoms with E-state index in [2.05, 4.69) is 20.6 Å². The first-order chi connectivity index (χ1) is 11.1. The molecule has 6 heteroatoms. The second kappa shape index (κ2) is 6.34. The Morgan fingerprint density at radius 1 is 1.13 bits per heavy atom. The van der Waals surface area contributed by atoms with Gasteiger partial charge in [-0.3, -0.25) is 0 Å². The second-order valence-corrected chi connectivity index (χ2v) is 5.78. The molecular weight excluding hydrogens is 290 g/mol. The largest absolute Gasteiger partial charge is 0.385 e. The maximum atomic E-state index is 10.6. The molecule has 0 saturated carbocycles. The van der Waals surface area contributed by atoms with Gasteiger partial charge in [0.05, 0.1) is 5.60 Å². The molecule has 1 aromatic carbocycles. The first-order valence-electron chi connectivity index (χ1n) is 7.83. The average molecular weight is 311 g/mol. The van der Waals surface area contributed by atoms with Crippen molar-refractivity contribution >= 4 is 11.5 Å². The molecule has 0 aliphatic carbocycles. The Hall–Kier alpha value is -2.47. The van der Waals surface area contributed by atoms with Crippen LogP contribution in [-0.4, -0.2) is 31.5 Å². The molecule has 0 radical (unpaired) electrons. The lowest BCUT2D eigenvalue weighted by Gasteiger charge is -2.24. The van der Waals surface area contributed by atoms with Crippen molar-refractivity contribution in [3.05, 3.63) is 53.9 Å². The summed E-state index contributed by atoms with van der Waals surface area (Å²) in [5, 5.41) is 26.5. The number of aryl methyl sites for hydroxylation is 1. The zero-order valence-corrected chi connectivity index (χ0v) is 13.4. The summed E-state index contributed by atoms with van der Waals surface area (Å²) in [6.07, 6.45) is 1.36. The Kier molecular flexibility index (Phi) is 4.25. The van der Waals surface area contributed by atoms with Crippen LogP contribution in [0.25, 0.3) is 5.65 Å². The van der Waals surface area contributed by atoms with Crippen molar-refractivity contribution in [3.8, 4) is 0 Å². The predicted octanol–water partition coefficient (Wildman–Crippen LogP) is 2.40. The van der Waals surface area contributed by atoms with E-state index in [0.717, 1.165) is 29.3 Å². The molecule has 2 aromatic heterocycles. The third kappa shape index (κ3) is 3.32. The molecule has 0 fully saturated rings. The van der Waals surface area contributed by atoms with E-state index in [1.165, 1.54) is 0 Å². The van der Waals surface area contributed by atoms with Gasteiger partial charge in [0.15, 0.2) is 11.5 Å². The van der Waals surface area contributed by atoms with E-state index >= 15 is 0 Å². The first kappa shape index (κ1) is 15.4. The fraction of sp³-hybridized carbons (Fsp3) is 0.353. The van der Waals surface area contributed by atoms with Crippen LogP contribution in [-0.2, 0) is 12.0 Å². The van der Waals surface area contributed by atoms with Gasteiger partial charge in [-0.25, -0.2) is 0 Å².